The zero-order chi connectivity index (χ0) is 15.4. The first kappa shape index (κ1) is 15.0. The number of nitrogens with one attached hydrogen (secondary N) is 1. The zero-order valence-electron chi connectivity index (χ0n) is 11.7. The van der Waals surface area contributed by atoms with Gasteiger partial charge in [0.2, 0.25) is 11.7 Å². The van der Waals surface area contributed by atoms with Crippen molar-refractivity contribution >= 4 is 17.8 Å². The SMILES string of the molecule is CC(NC(=O)c1cc(C(=O)O)on1)C(=O)N1CCCCC1. The van der Waals surface area contributed by atoms with Gasteiger partial charge in [0, 0.05) is 19.2 Å². The molecule has 1 atom stereocenters. The molecule has 2 rings (SSSR count). The molecule has 1 aromatic rings. The summed E-state index contributed by atoms with van der Waals surface area (Å²) in [6, 6.07) is 0.330. The van der Waals surface area contributed by atoms with Crippen LogP contribution in [0.2, 0.25) is 0 Å². The Bertz CT molecular complexity index is 548. The topological polar surface area (TPSA) is 113 Å². The number of hydrogen-bond donors (Lipinski definition) is 2. The minimum Gasteiger partial charge on any atom is -0.475 e. The Balaban J connectivity index is 1.94. The third-order valence-corrected chi connectivity index (χ3v) is 3.34. The molecule has 0 aromatic carbocycles. The summed E-state index contributed by atoms with van der Waals surface area (Å²) in [4.78, 5) is 36.4. The molecule has 0 spiro atoms. The summed E-state index contributed by atoms with van der Waals surface area (Å²) < 4.78 is 4.50. The Kier molecular flexibility index (Phi) is 4.56. The lowest BCUT2D eigenvalue weighted by Gasteiger charge is -2.29. The first-order chi connectivity index (χ1) is 9.99. The fourth-order valence-electron chi connectivity index (χ4n) is 2.20. The summed E-state index contributed by atoms with van der Waals surface area (Å²) in [7, 11) is 0. The number of likely N-dealkylation sites (tertiary alicyclic amines) is 1. The molecule has 1 fully saturated rings. The number of nitrogens with zero attached hydrogens (tertiary/aromatic N) is 2. The Morgan fingerprint density at radius 2 is 2.00 bits per heavy atom. The Labute approximate surface area is 121 Å². The maximum atomic E-state index is 12.2. The number of carboxylic acid groups (broad SMARTS) is 1. The highest BCUT2D eigenvalue weighted by atomic mass is 16.5. The van der Waals surface area contributed by atoms with Crippen LogP contribution >= 0.6 is 0 Å². The molecule has 0 aliphatic carbocycles. The number of hydrogen-bond acceptors (Lipinski definition) is 5. The van der Waals surface area contributed by atoms with Crippen molar-refractivity contribution in [3.05, 3.63) is 17.5 Å². The van der Waals surface area contributed by atoms with Crippen LogP contribution < -0.4 is 5.32 Å². The highest BCUT2D eigenvalue weighted by Gasteiger charge is 2.25. The van der Waals surface area contributed by atoms with E-state index >= 15 is 0 Å². The molecule has 0 bridgehead atoms. The van der Waals surface area contributed by atoms with E-state index in [1.807, 2.05) is 0 Å². The highest BCUT2D eigenvalue weighted by Crippen LogP contribution is 2.10. The lowest BCUT2D eigenvalue weighted by molar-refractivity contribution is -0.133. The summed E-state index contributed by atoms with van der Waals surface area (Å²) in [6.07, 6.45) is 3.05. The quantitative estimate of drug-likeness (QED) is 0.836. The van der Waals surface area contributed by atoms with Crippen molar-refractivity contribution in [2.75, 3.05) is 13.1 Å². The lowest BCUT2D eigenvalue weighted by atomic mass is 10.1. The summed E-state index contributed by atoms with van der Waals surface area (Å²) in [5, 5.41) is 14.6. The fraction of sp³-hybridized carbons (Fsp3) is 0.538. The van der Waals surface area contributed by atoms with Crippen LogP contribution in [0.15, 0.2) is 10.6 Å². The van der Waals surface area contributed by atoms with Gasteiger partial charge in [-0.2, -0.15) is 0 Å². The predicted molar refractivity (Wildman–Crippen MR) is 70.8 cm³/mol. The van der Waals surface area contributed by atoms with Gasteiger partial charge in [0.25, 0.3) is 5.91 Å². The number of amides is 2. The Morgan fingerprint density at radius 3 is 2.57 bits per heavy atom. The first-order valence-electron chi connectivity index (χ1n) is 6.78. The van der Waals surface area contributed by atoms with Crippen molar-refractivity contribution in [3.63, 3.8) is 0 Å². The van der Waals surface area contributed by atoms with Crippen LogP contribution in [0.3, 0.4) is 0 Å². The molecule has 0 radical (unpaired) electrons. The molecule has 2 heterocycles. The molecular formula is C13H17N3O5. The molecule has 8 nitrogen and oxygen atoms in total. The van der Waals surface area contributed by atoms with E-state index in [9.17, 15) is 14.4 Å². The minimum absolute atomic E-state index is 0.148. The van der Waals surface area contributed by atoms with Gasteiger partial charge in [-0.25, -0.2) is 4.79 Å². The van der Waals surface area contributed by atoms with Gasteiger partial charge in [-0.1, -0.05) is 5.16 Å². The largest absolute Gasteiger partial charge is 0.475 e. The minimum atomic E-state index is -1.31. The monoisotopic (exact) mass is 295 g/mol. The van der Waals surface area contributed by atoms with Crippen LogP contribution in [0.25, 0.3) is 0 Å². The van der Waals surface area contributed by atoms with Crippen molar-refractivity contribution in [1.82, 2.24) is 15.4 Å². The number of rotatable bonds is 4. The molecule has 114 valence electrons. The number of aromatic nitrogens is 1. The number of carbonyl (C=O) groups is 3. The van der Waals surface area contributed by atoms with Gasteiger partial charge in [-0.15, -0.1) is 0 Å². The molecule has 1 unspecified atom stereocenters. The van der Waals surface area contributed by atoms with E-state index in [0.29, 0.717) is 13.1 Å². The molecule has 2 N–H and O–H groups in total. The molecule has 0 saturated carbocycles. The second-order valence-electron chi connectivity index (χ2n) is 4.96. The van der Waals surface area contributed by atoms with E-state index in [1.54, 1.807) is 11.8 Å². The normalized spacial score (nSPS) is 16.3. The number of aromatic carboxylic acids is 1. The summed E-state index contributed by atoms with van der Waals surface area (Å²) >= 11 is 0. The van der Waals surface area contributed by atoms with Crippen LogP contribution in [0.5, 0.6) is 0 Å². The second kappa shape index (κ2) is 6.38. The Hall–Kier alpha value is -2.38. The molecule has 1 aliphatic rings. The van der Waals surface area contributed by atoms with Crippen molar-refractivity contribution in [2.45, 2.75) is 32.2 Å². The van der Waals surface area contributed by atoms with Crippen LogP contribution in [-0.2, 0) is 4.79 Å². The maximum Gasteiger partial charge on any atom is 0.374 e. The van der Waals surface area contributed by atoms with E-state index < -0.39 is 23.7 Å². The van der Waals surface area contributed by atoms with E-state index in [0.717, 1.165) is 25.3 Å². The van der Waals surface area contributed by atoms with Crippen LogP contribution in [0, 0.1) is 0 Å². The first-order valence-corrected chi connectivity index (χ1v) is 6.78. The molecule has 1 aromatic heterocycles. The van der Waals surface area contributed by atoms with Crippen LogP contribution in [-0.4, -0.2) is 52.1 Å². The van der Waals surface area contributed by atoms with Crippen molar-refractivity contribution in [2.24, 2.45) is 0 Å². The smallest absolute Gasteiger partial charge is 0.374 e. The molecule has 1 saturated heterocycles. The van der Waals surface area contributed by atoms with Crippen molar-refractivity contribution in [3.8, 4) is 0 Å². The number of carboxylic acids is 1. The summed E-state index contributed by atoms with van der Waals surface area (Å²) in [5.41, 5.74) is -0.161. The van der Waals surface area contributed by atoms with Gasteiger partial charge in [0.1, 0.15) is 6.04 Å². The van der Waals surface area contributed by atoms with Gasteiger partial charge in [0.15, 0.2) is 5.69 Å². The Morgan fingerprint density at radius 1 is 1.33 bits per heavy atom. The zero-order valence-corrected chi connectivity index (χ0v) is 11.7. The van der Waals surface area contributed by atoms with Crippen LogP contribution in [0.4, 0.5) is 0 Å². The second-order valence-corrected chi connectivity index (χ2v) is 4.96. The fourth-order valence-corrected chi connectivity index (χ4v) is 2.20. The third kappa shape index (κ3) is 3.59. The standard InChI is InChI=1S/C13H17N3O5/c1-8(12(18)16-5-3-2-4-6-16)14-11(17)9-7-10(13(19)20)21-15-9/h7-8H,2-6H2,1H3,(H,14,17)(H,19,20). The van der Waals surface area contributed by atoms with E-state index in [-0.39, 0.29) is 11.6 Å². The average molecular weight is 295 g/mol. The van der Waals surface area contributed by atoms with Crippen molar-refractivity contribution in [1.29, 1.82) is 0 Å². The van der Waals surface area contributed by atoms with E-state index in [4.69, 9.17) is 5.11 Å². The predicted octanol–water partition coefficient (Wildman–Crippen LogP) is 0.504. The highest BCUT2D eigenvalue weighted by molar-refractivity contribution is 5.97. The number of piperidine rings is 1. The van der Waals surface area contributed by atoms with Gasteiger partial charge >= 0.3 is 5.97 Å². The third-order valence-electron chi connectivity index (χ3n) is 3.34. The maximum absolute atomic E-state index is 12.2. The van der Waals surface area contributed by atoms with Gasteiger partial charge < -0.3 is 19.8 Å². The average Bonchev–Trinajstić information content (AvgIpc) is 2.97. The molecular weight excluding hydrogens is 278 g/mol. The summed E-state index contributed by atoms with van der Waals surface area (Å²) in [6.45, 7) is 2.99. The molecule has 2 amide bonds. The van der Waals surface area contributed by atoms with Crippen LogP contribution in [0.1, 0.15) is 47.2 Å². The van der Waals surface area contributed by atoms with Gasteiger partial charge in [0.05, 0.1) is 0 Å². The summed E-state index contributed by atoms with van der Waals surface area (Å²) in [5.74, 6) is -2.51. The van der Waals surface area contributed by atoms with E-state index in [2.05, 4.69) is 15.0 Å². The van der Waals surface area contributed by atoms with E-state index in [1.165, 1.54) is 0 Å². The molecule has 21 heavy (non-hydrogen) atoms. The molecule has 1 aliphatic heterocycles. The molecule has 8 heteroatoms. The van der Waals surface area contributed by atoms with Gasteiger partial charge in [-0.3, -0.25) is 9.59 Å². The number of carbonyl (C=O) groups excluding carboxylic acids is 2. The lowest BCUT2D eigenvalue weighted by Crippen LogP contribution is -2.48. The van der Waals surface area contributed by atoms with Gasteiger partial charge in [-0.05, 0) is 26.2 Å². The van der Waals surface area contributed by atoms with Crippen molar-refractivity contribution < 1.29 is 24.0 Å².